The molecule has 0 spiro atoms. The van der Waals surface area contributed by atoms with E-state index in [0.717, 1.165) is 16.5 Å². The van der Waals surface area contributed by atoms with Crippen molar-refractivity contribution in [2.24, 2.45) is 0 Å². The van der Waals surface area contributed by atoms with Gasteiger partial charge < -0.3 is 5.73 Å². The highest BCUT2D eigenvalue weighted by Gasteiger charge is 2.03. The second-order valence-electron chi connectivity index (χ2n) is 4.28. The van der Waals surface area contributed by atoms with Crippen molar-refractivity contribution < 1.29 is 4.39 Å². The van der Waals surface area contributed by atoms with Crippen molar-refractivity contribution in [3.63, 3.8) is 0 Å². The lowest BCUT2D eigenvalue weighted by molar-refractivity contribution is 0.653. The molecule has 18 heavy (non-hydrogen) atoms. The summed E-state index contributed by atoms with van der Waals surface area (Å²) in [4.78, 5) is 0. The van der Waals surface area contributed by atoms with E-state index in [1.807, 2.05) is 29.8 Å². The lowest BCUT2D eigenvalue weighted by atomic mass is 10.2. The Balaban J connectivity index is 2.30. The summed E-state index contributed by atoms with van der Waals surface area (Å²) >= 11 is 0. The first kappa shape index (κ1) is 12.4. The number of fused-ring (bicyclic) bond motifs is 1. The van der Waals surface area contributed by atoms with Crippen LogP contribution >= 0.6 is 0 Å². The maximum atomic E-state index is 13.1. The molecule has 0 atom stereocenters. The van der Waals surface area contributed by atoms with Gasteiger partial charge in [0.15, 0.2) is 0 Å². The second kappa shape index (κ2) is 5.04. The molecule has 0 unspecified atom stereocenters. The van der Waals surface area contributed by atoms with Crippen molar-refractivity contribution in [1.29, 1.82) is 0 Å². The molecule has 0 aliphatic rings. The van der Waals surface area contributed by atoms with Gasteiger partial charge in [-0.1, -0.05) is 6.08 Å². The highest BCUT2D eigenvalue weighted by atomic mass is 19.1. The van der Waals surface area contributed by atoms with Crippen molar-refractivity contribution in [2.45, 2.75) is 20.4 Å². The van der Waals surface area contributed by atoms with Gasteiger partial charge in [0, 0.05) is 11.1 Å². The summed E-state index contributed by atoms with van der Waals surface area (Å²) in [5.74, 6) is -0.229. The van der Waals surface area contributed by atoms with Gasteiger partial charge in [-0.3, -0.25) is 4.68 Å². The van der Waals surface area contributed by atoms with Crippen LogP contribution in [0.4, 0.5) is 10.1 Å². The molecule has 2 N–H and O–H groups in total. The van der Waals surface area contributed by atoms with E-state index in [4.69, 9.17) is 5.73 Å². The standard InChI is InChI=1S/C14H16FN3/c1-3-12(15)6-10(2)9-18-14-5-4-13(16)7-11(14)8-17-18/h3-8H,9,16H2,1-2H3/b10-6+,12-3+. The molecule has 3 nitrogen and oxygen atoms in total. The molecule has 2 aromatic rings. The summed E-state index contributed by atoms with van der Waals surface area (Å²) in [6.07, 6.45) is 4.72. The number of aromatic nitrogens is 2. The summed E-state index contributed by atoms with van der Waals surface area (Å²) < 4.78 is 15.0. The van der Waals surface area contributed by atoms with Crippen LogP contribution in [-0.2, 0) is 6.54 Å². The van der Waals surface area contributed by atoms with Crippen LogP contribution in [0.15, 0.2) is 47.9 Å². The van der Waals surface area contributed by atoms with Gasteiger partial charge in [0.2, 0.25) is 0 Å². The minimum absolute atomic E-state index is 0.229. The van der Waals surface area contributed by atoms with Gasteiger partial charge in [-0.25, -0.2) is 4.39 Å². The zero-order chi connectivity index (χ0) is 13.1. The molecule has 1 aromatic carbocycles. The number of nitrogens with two attached hydrogens (primary N) is 1. The molecule has 4 heteroatoms. The summed E-state index contributed by atoms with van der Waals surface area (Å²) in [7, 11) is 0. The van der Waals surface area contributed by atoms with E-state index in [1.165, 1.54) is 12.2 Å². The average molecular weight is 245 g/mol. The summed E-state index contributed by atoms with van der Waals surface area (Å²) in [6.45, 7) is 4.12. The third kappa shape index (κ3) is 2.59. The zero-order valence-corrected chi connectivity index (χ0v) is 10.5. The molecule has 1 heterocycles. The molecule has 0 aliphatic carbocycles. The van der Waals surface area contributed by atoms with E-state index < -0.39 is 0 Å². The Morgan fingerprint density at radius 2 is 2.28 bits per heavy atom. The number of hydrogen-bond acceptors (Lipinski definition) is 2. The molecule has 0 radical (unpaired) electrons. The lowest BCUT2D eigenvalue weighted by Crippen LogP contribution is -2.01. The SMILES string of the molecule is C/C=C(F)\C=C(/C)Cn1ncc2cc(N)ccc21. The molecule has 0 saturated carbocycles. The molecule has 94 valence electrons. The van der Waals surface area contributed by atoms with Gasteiger partial charge in [-0.2, -0.15) is 5.10 Å². The third-order valence-corrected chi connectivity index (χ3v) is 2.73. The van der Waals surface area contributed by atoms with Crippen LogP contribution in [0.2, 0.25) is 0 Å². The molecule has 0 fully saturated rings. The number of hydrogen-bond donors (Lipinski definition) is 1. The number of benzene rings is 1. The first-order valence-electron chi connectivity index (χ1n) is 5.80. The van der Waals surface area contributed by atoms with Crippen LogP contribution in [0.1, 0.15) is 13.8 Å². The van der Waals surface area contributed by atoms with Crippen molar-refractivity contribution in [3.8, 4) is 0 Å². The van der Waals surface area contributed by atoms with E-state index in [2.05, 4.69) is 5.10 Å². The Hall–Kier alpha value is -2.10. The van der Waals surface area contributed by atoms with Crippen LogP contribution in [0.3, 0.4) is 0 Å². The predicted octanol–water partition coefficient (Wildman–Crippen LogP) is 3.44. The number of nitrogen functional groups attached to an aromatic ring is 1. The molecule has 2 rings (SSSR count). The first-order valence-corrected chi connectivity index (χ1v) is 5.80. The second-order valence-corrected chi connectivity index (χ2v) is 4.28. The topological polar surface area (TPSA) is 43.8 Å². The van der Waals surface area contributed by atoms with Crippen molar-refractivity contribution in [3.05, 3.63) is 47.9 Å². The van der Waals surface area contributed by atoms with E-state index in [9.17, 15) is 4.39 Å². The fourth-order valence-electron chi connectivity index (χ4n) is 1.83. The fourth-order valence-corrected chi connectivity index (χ4v) is 1.83. The third-order valence-electron chi connectivity index (χ3n) is 2.73. The van der Waals surface area contributed by atoms with Crippen LogP contribution in [0.25, 0.3) is 10.9 Å². The predicted molar refractivity (Wildman–Crippen MR) is 72.8 cm³/mol. The largest absolute Gasteiger partial charge is 0.399 e. The van der Waals surface area contributed by atoms with Gasteiger partial charge in [-0.05, 0) is 43.7 Å². The van der Waals surface area contributed by atoms with E-state index in [1.54, 1.807) is 13.1 Å². The number of allylic oxidation sites excluding steroid dienone is 4. The molecule has 0 aliphatic heterocycles. The van der Waals surface area contributed by atoms with E-state index in [0.29, 0.717) is 12.2 Å². The molecule has 1 aromatic heterocycles. The highest BCUT2D eigenvalue weighted by Crippen LogP contribution is 2.18. The number of nitrogens with zero attached hydrogens (tertiary/aromatic N) is 2. The first-order chi connectivity index (χ1) is 8.60. The van der Waals surface area contributed by atoms with Gasteiger partial charge in [0.25, 0.3) is 0 Å². The van der Waals surface area contributed by atoms with Gasteiger partial charge in [-0.15, -0.1) is 0 Å². The molecular weight excluding hydrogens is 229 g/mol. The molecule has 0 amide bonds. The van der Waals surface area contributed by atoms with Gasteiger partial charge in [0.05, 0.1) is 18.3 Å². The Morgan fingerprint density at radius 1 is 1.50 bits per heavy atom. The lowest BCUT2D eigenvalue weighted by Gasteiger charge is -2.04. The van der Waals surface area contributed by atoms with Crippen LogP contribution in [0.5, 0.6) is 0 Å². The quantitative estimate of drug-likeness (QED) is 0.665. The smallest absolute Gasteiger partial charge is 0.118 e. The highest BCUT2D eigenvalue weighted by molar-refractivity contribution is 5.81. The minimum atomic E-state index is -0.229. The van der Waals surface area contributed by atoms with E-state index >= 15 is 0 Å². The zero-order valence-electron chi connectivity index (χ0n) is 10.5. The summed E-state index contributed by atoms with van der Waals surface area (Å²) in [6, 6.07) is 5.65. The number of rotatable bonds is 3. The van der Waals surface area contributed by atoms with Crippen molar-refractivity contribution in [2.75, 3.05) is 5.73 Å². The maximum absolute atomic E-state index is 13.1. The number of anilines is 1. The average Bonchev–Trinajstić information content (AvgIpc) is 2.71. The van der Waals surface area contributed by atoms with Crippen LogP contribution in [0, 0.1) is 0 Å². The fraction of sp³-hybridized carbons (Fsp3) is 0.214. The monoisotopic (exact) mass is 245 g/mol. The summed E-state index contributed by atoms with van der Waals surface area (Å²) in [5, 5.41) is 5.28. The molecular formula is C14H16FN3. The Kier molecular flexibility index (Phi) is 3.46. The Bertz CT molecular complexity index is 623. The van der Waals surface area contributed by atoms with Crippen LogP contribution in [-0.4, -0.2) is 9.78 Å². The normalized spacial score (nSPS) is 13.3. The number of halogens is 1. The Morgan fingerprint density at radius 3 is 3.00 bits per heavy atom. The van der Waals surface area contributed by atoms with Crippen molar-refractivity contribution >= 4 is 16.6 Å². The molecule has 0 bridgehead atoms. The Labute approximate surface area is 105 Å². The molecule has 0 saturated heterocycles. The maximum Gasteiger partial charge on any atom is 0.118 e. The van der Waals surface area contributed by atoms with Crippen molar-refractivity contribution in [1.82, 2.24) is 9.78 Å². The van der Waals surface area contributed by atoms with Crippen LogP contribution < -0.4 is 5.73 Å². The van der Waals surface area contributed by atoms with E-state index in [-0.39, 0.29) is 5.83 Å². The van der Waals surface area contributed by atoms with Gasteiger partial charge in [0.1, 0.15) is 5.83 Å². The summed E-state index contributed by atoms with van der Waals surface area (Å²) in [5.41, 5.74) is 8.34. The minimum Gasteiger partial charge on any atom is -0.399 e. The van der Waals surface area contributed by atoms with Gasteiger partial charge >= 0.3 is 0 Å².